The van der Waals surface area contributed by atoms with Crippen molar-refractivity contribution in [1.29, 1.82) is 0 Å². The van der Waals surface area contributed by atoms with Crippen LogP contribution in [0.1, 0.15) is 34.0 Å². The summed E-state index contributed by atoms with van der Waals surface area (Å²) in [7, 11) is 0. The second-order valence-corrected chi connectivity index (χ2v) is 7.25. The molecule has 0 unspecified atom stereocenters. The molecule has 30 heavy (non-hydrogen) atoms. The van der Waals surface area contributed by atoms with E-state index >= 15 is 0 Å². The topological polar surface area (TPSA) is 82.7 Å². The average Bonchev–Trinajstić information content (AvgIpc) is 3.19. The Kier molecular flexibility index (Phi) is 5.75. The highest BCUT2D eigenvalue weighted by Crippen LogP contribution is 2.22. The van der Waals surface area contributed by atoms with Crippen molar-refractivity contribution >= 4 is 28.4 Å². The van der Waals surface area contributed by atoms with Gasteiger partial charge in [0.2, 0.25) is 5.95 Å². The van der Waals surface area contributed by atoms with Crippen molar-refractivity contribution in [2.24, 2.45) is 0 Å². The summed E-state index contributed by atoms with van der Waals surface area (Å²) in [6, 6.07) is 14.3. The van der Waals surface area contributed by atoms with E-state index in [9.17, 15) is 4.79 Å². The minimum atomic E-state index is -0.204. The number of nitrogens with zero attached hydrogens (tertiary/aromatic N) is 2. The Morgan fingerprint density at radius 2 is 1.83 bits per heavy atom. The molecule has 6 heteroatoms. The first-order valence-corrected chi connectivity index (χ1v) is 10.2. The van der Waals surface area contributed by atoms with Crippen molar-refractivity contribution in [1.82, 2.24) is 15.0 Å². The first kappa shape index (κ1) is 19.6. The number of H-pyrrole nitrogens is 1. The summed E-state index contributed by atoms with van der Waals surface area (Å²) in [6.07, 6.45) is 6.85. The number of benzene rings is 2. The van der Waals surface area contributed by atoms with Gasteiger partial charge in [-0.25, -0.2) is 9.97 Å². The maximum Gasteiger partial charge on any atom is 0.258 e. The minimum absolute atomic E-state index is 0.204. The Balaban J connectivity index is 1.36. The van der Waals surface area contributed by atoms with Gasteiger partial charge in [0.1, 0.15) is 0 Å². The summed E-state index contributed by atoms with van der Waals surface area (Å²) in [5.74, 6) is 0.306. The molecule has 0 saturated carbocycles. The van der Waals surface area contributed by atoms with Crippen LogP contribution in [0.15, 0.2) is 61.1 Å². The lowest BCUT2D eigenvalue weighted by Gasteiger charge is -2.13. The van der Waals surface area contributed by atoms with Crippen LogP contribution in [-0.2, 0) is 12.8 Å². The number of para-hydroxylation sites is 2. The molecule has 0 bridgehead atoms. The molecule has 0 fully saturated rings. The van der Waals surface area contributed by atoms with Crippen LogP contribution in [0, 0.1) is 6.92 Å². The number of aromatic amines is 1. The number of fused-ring (bicyclic) bond motifs is 1. The lowest BCUT2D eigenvalue weighted by molar-refractivity contribution is 0.102. The third-order valence-corrected chi connectivity index (χ3v) is 5.24. The molecule has 0 aliphatic heterocycles. The van der Waals surface area contributed by atoms with Gasteiger partial charge in [-0.3, -0.25) is 4.79 Å². The zero-order valence-corrected chi connectivity index (χ0v) is 17.2. The van der Waals surface area contributed by atoms with Gasteiger partial charge >= 0.3 is 0 Å². The number of rotatable bonds is 7. The first-order valence-electron chi connectivity index (χ1n) is 10.2. The van der Waals surface area contributed by atoms with E-state index in [2.05, 4.69) is 44.6 Å². The Morgan fingerprint density at radius 3 is 2.63 bits per heavy atom. The van der Waals surface area contributed by atoms with Crippen LogP contribution in [0.2, 0.25) is 0 Å². The second kappa shape index (κ2) is 8.78. The van der Waals surface area contributed by atoms with E-state index in [0.717, 1.165) is 35.2 Å². The van der Waals surface area contributed by atoms with Crippen molar-refractivity contribution < 1.29 is 4.79 Å². The zero-order chi connectivity index (χ0) is 20.9. The van der Waals surface area contributed by atoms with E-state index in [4.69, 9.17) is 0 Å². The van der Waals surface area contributed by atoms with E-state index in [1.807, 2.05) is 43.5 Å². The fourth-order valence-corrected chi connectivity index (χ4v) is 3.57. The quantitative estimate of drug-likeness (QED) is 0.419. The lowest BCUT2D eigenvalue weighted by Crippen LogP contribution is -2.16. The average molecular weight is 399 g/mol. The smallest absolute Gasteiger partial charge is 0.258 e. The highest BCUT2D eigenvalue weighted by molar-refractivity contribution is 6.04. The molecule has 0 saturated heterocycles. The molecule has 0 atom stereocenters. The molecular formula is C24H25N5O. The molecule has 152 valence electrons. The normalized spacial score (nSPS) is 10.9. The Labute approximate surface area is 175 Å². The Bertz CT molecular complexity index is 1160. The van der Waals surface area contributed by atoms with E-state index in [1.165, 1.54) is 10.9 Å². The number of nitrogens with one attached hydrogen (secondary N) is 3. The van der Waals surface area contributed by atoms with Crippen molar-refractivity contribution in [3.63, 3.8) is 0 Å². The van der Waals surface area contributed by atoms with Gasteiger partial charge in [-0.2, -0.15) is 0 Å². The first-order chi connectivity index (χ1) is 14.7. The summed E-state index contributed by atoms with van der Waals surface area (Å²) < 4.78 is 0. The van der Waals surface area contributed by atoms with E-state index in [0.29, 0.717) is 18.1 Å². The summed E-state index contributed by atoms with van der Waals surface area (Å²) >= 11 is 0. The van der Waals surface area contributed by atoms with Crippen LogP contribution >= 0.6 is 0 Å². The summed E-state index contributed by atoms with van der Waals surface area (Å²) in [4.78, 5) is 24.5. The monoisotopic (exact) mass is 399 g/mol. The number of hydrogen-bond donors (Lipinski definition) is 3. The minimum Gasteiger partial charge on any atom is -0.361 e. The van der Waals surface area contributed by atoms with Crippen molar-refractivity contribution in [3.05, 3.63) is 83.3 Å². The van der Waals surface area contributed by atoms with Crippen LogP contribution in [0.25, 0.3) is 10.9 Å². The number of aromatic nitrogens is 3. The number of anilines is 2. The van der Waals surface area contributed by atoms with Crippen LogP contribution in [0.4, 0.5) is 11.6 Å². The highest BCUT2D eigenvalue weighted by atomic mass is 16.1. The van der Waals surface area contributed by atoms with Gasteiger partial charge < -0.3 is 15.6 Å². The lowest BCUT2D eigenvalue weighted by atomic mass is 10.1. The SMILES string of the molecule is CCc1cccc(C)c1NC(=O)c1cnc(NCCc2c[nH]c3ccccc23)nc1. The molecule has 2 heterocycles. The molecule has 0 spiro atoms. The number of carbonyl (C=O) groups excluding carboxylic acids is 1. The number of amides is 1. The second-order valence-electron chi connectivity index (χ2n) is 7.25. The van der Waals surface area contributed by atoms with Crippen LogP contribution in [0.5, 0.6) is 0 Å². The summed E-state index contributed by atoms with van der Waals surface area (Å²) in [5.41, 5.74) is 5.84. The van der Waals surface area contributed by atoms with Crippen LogP contribution in [-0.4, -0.2) is 27.4 Å². The highest BCUT2D eigenvalue weighted by Gasteiger charge is 2.12. The molecule has 0 aliphatic rings. The third kappa shape index (κ3) is 4.17. The third-order valence-electron chi connectivity index (χ3n) is 5.24. The van der Waals surface area contributed by atoms with Crippen LogP contribution in [0.3, 0.4) is 0 Å². The molecule has 1 amide bonds. The maximum absolute atomic E-state index is 12.6. The van der Waals surface area contributed by atoms with Crippen LogP contribution < -0.4 is 10.6 Å². The van der Waals surface area contributed by atoms with E-state index < -0.39 is 0 Å². The zero-order valence-electron chi connectivity index (χ0n) is 17.2. The summed E-state index contributed by atoms with van der Waals surface area (Å²) in [6.45, 7) is 4.77. The van der Waals surface area contributed by atoms with Gasteiger partial charge in [0, 0.05) is 41.7 Å². The molecule has 4 aromatic rings. The fraction of sp³-hybridized carbons (Fsp3) is 0.208. The van der Waals surface area contributed by atoms with Crippen molar-refractivity contribution in [3.8, 4) is 0 Å². The van der Waals surface area contributed by atoms with Crippen molar-refractivity contribution in [2.75, 3.05) is 17.2 Å². The number of hydrogen-bond acceptors (Lipinski definition) is 4. The van der Waals surface area contributed by atoms with Gasteiger partial charge in [-0.15, -0.1) is 0 Å². The molecule has 0 radical (unpaired) electrons. The Hall–Kier alpha value is -3.67. The fourth-order valence-electron chi connectivity index (χ4n) is 3.57. The molecule has 2 aromatic carbocycles. The number of aryl methyl sites for hydroxylation is 2. The van der Waals surface area contributed by atoms with Gasteiger partial charge in [0.15, 0.2) is 0 Å². The van der Waals surface area contributed by atoms with Gasteiger partial charge in [-0.1, -0.05) is 43.3 Å². The summed E-state index contributed by atoms with van der Waals surface area (Å²) in [5, 5.41) is 7.46. The molecule has 0 aliphatic carbocycles. The molecule has 6 nitrogen and oxygen atoms in total. The largest absolute Gasteiger partial charge is 0.361 e. The van der Waals surface area contributed by atoms with Gasteiger partial charge in [0.25, 0.3) is 5.91 Å². The molecule has 4 rings (SSSR count). The van der Waals surface area contributed by atoms with E-state index in [-0.39, 0.29) is 5.91 Å². The predicted molar refractivity (Wildman–Crippen MR) is 121 cm³/mol. The Morgan fingerprint density at radius 1 is 1.03 bits per heavy atom. The van der Waals surface area contributed by atoms with Gasteiger partial charge in [0.05, 0.1) is 5.56 Å². The molecule has 2 aromatic heterocycles. The van der Waals surface area contributed by atoms with Crippen molar-refractivity contribution in [2.45, 2.75) is 26.7 Å². The number of carbonyl (C=O) groups is 1. The van der Waals surface area contributed by atoms with Gasteiger partial charge in [-0.05, 0) is 42.5 Å². The van der Waals surface area contributed by atoms with E-state index in [1.54, 1.807) is 12.4 Å². The predicted octanol–water partition coefficient (Wildman–Crippen LogP) is 4.74. The molecular weight excluding hydrogens is 374 g/mol. The maximum atomic E-state index is 12.6. The standard InChI is InChI=1S/C24H25N5O/c1-3-17-8-6-7-16(2)22(17)29-23(30)19-14-27-24(28-15-19)25-12-11-18-13-26-21-10-5-4-9-20(18)21/h4-10,13-15,26H,3,11-12H2,1-2H3,(H,29,30)(H,25,27,28). The molecule has 3 N–H and O–H groups in total.